The number of alkyl halides is 3. The summed E-state index contributed by atoms with van der Waals surface area (Å²) in [6, 6.07) is 14.4. The van der Waals surface area contributed by atoms with Gasteiger partial charge in [-0.05, 0) is 80.2 Å². The number of aliphatic hydroxyl groups is 1. The van der Waals surface area contributed by atoms with Crippen LogP contribution in [0.4, 0.5) is 19.1 Å². The van der Waals surface area contributed by atoms with E-state index in [1.165, 1.54) is 10.1 Å². The van der Waals surface area contributed by atoms with E-state index in [1.54, 1.807) is 17.8 Å². The lowest BCUT2D eigenvalue weighted by Crippen LogP contribution is -2.55. The zero-order chi connectivity index (χ0) is 43.1. The number of halogens is 3. The van der Waals surface area contributed by atoms with Crippen LogP contribution in [0.5, 0.6) is 0 Å². The molecule has 0 spiro atoms. The normalized spacial score (nSPS) is 24.1. The number of benzene rings is 2. The third-order valence-electron chi connectivity index (χ3n) is 13.4. The van der Waals surface area contributed by atoms with Crippen LogP contribution in [-0.4, -0.2) is 114 Å². The molecule has 4 fully saturated rings. The first-order chi connectivity index (χ1) is 29.9. The topological polar surface area (TPSA) is 152 Å². The molecule has 2 aliphatic heterocycles. The molecule has 17 heteroatoms. The number of rotatable bonds is 13. The van der Waals surface area contributed by atoms with Crippen molar-refractivity contribution >= 4 is 39.8 Å². The quantitative estimate of drug-likeness (QED) is 0.130. The summed E-state index contributed by atoms with van der Waals surface area (Å²) < 4.78 is 49.9. The maximum Gasteiger partial charge on any atom is 0.390 e. The lowest BCUT2D eigenvalue weighted by molar-refractivity contribution is -0.136. The molecule has 0 bridgehead atoms. The van der Waals surface area contributed by atoms with Crippen LogP contribution in [0.1, 0.15) is 81.0 Å². The zero-order valence-electron chi connectivity index (χ0n) is 34.9. The summed E-state index contributed by atoms with van der Waals surface area (Å²) in [6.45, 7) is 5.14. The van der Waals surface area contributed by atoms with E-state index < -0.39 is 24.5 Å². The van der Waals surface area contributed by atoms with Gasteiger partial charge in [0.15, 0.2) is 0 Å². The standard InChI is InChI=1S/C45H54F3N9O5/c1-53-39-22-28(4-11-37(39)57(44(53)61)38-12-13-40(59)51-42(38)60)14-21-62-34-23-32(24-34)55-19-17-54(18-20-55)26-29-2-5-30(6-3-29)36-27-56(31-7-9-33(58)10-8-31)41-35(36)25-50-43(52-41)49-16-15-45(46,47)48/h2-6,11,22,25,27,31-34,38,58H,7-10,12-21,23-24,26H2,1H3,(H,49,50,52)(H,51,59,60)/t31-,32-,33-,34+,38-/m0/s1. The molecular formula is C45H54F3N9O5. The van der Waals surface area contributed by atoms with Gasteiger partial charge in [-0.25, -0.2) is 9.78 Å². The van der Waals surface area contributed by atoms with Crippen LogP contribution in [-0.2, 0) is 34.3 Å². The lowest BCUT2D eigenvalue weighted by atomic mass is 9.87. The fourth-order valence-electron chi connectivity index (χ4n) is 9.72. The first-order valence-corrected chi connectivity index (χ1v) is 21.9. The Bertz CT molecular complexity index is 2480. The maximum atomic E-state index is 13.1. The van der Waals surface area contributed by atoms with E-state index in [1.807, 2.05) is 18.2 Å². The highest BCUT2D eigenvalue weighted by molar-refractivity contribution is 6.00. The van der Waals surface area contributed by atoms with E-state index in [0.29, 0.717) is 49.5 Å². The van der Waals surface area contributed by atoms with Crippen LogP contribution < -0.4 is 16.3 Å². The van der Waals surface area contributed by atoms with Crippen molar-refractivity contribution < 1.29 is 32.6 Å². The molecule has 5 aromatic rings. The molecule has 2 saturated carbocycles. The summed E-state index contributed by atoms with van der Waals surface area (Å²) in [6.07, 6.45) is 4.72. The highest BCUT2D eigenvalue weighted by Gasteiger charge is 2.36. The number of fused-ring (bicyclic) bond motifs is 2. The van der Waals surface area contributed by atoms with Crippen molar-refractivity contribution in [2.45, 2.75) is 107 Å². The number of carbonyl (C=O) groups is 2. The SMILES string of the molecule is Cn1c(=O)n([C@H]2CCC(=O)NC2=O)c2ccc(CCO[C@H]3C[C@@H](N4CCN(Cc5ccc(-c6cn([C@H]7CC[C@H](O)CC7)c7nc(NCCC(F)(F)F)ncc67)cc5)CC4)C3)cc21. The van der Waals surface area contributed by atoms with Crippen LogP contribution in [0.2, 0.25) is 0 Å². The van der Waals surface area contributed by atoms with Crippen molar-refractivity contribution in [1.82, 2.24) is 38.8 Å². The monoisotopic (exact) mass is 857 g/mol. The molecule has 330 valence electrons. The Morgan fingerprint density at radius 1 is 0.919 bits per heavy atom. The fourth-order valence-corrected chi connectivity index (χ4v) is 9.72. The molecule has 3 aromatic heterocycles. The number of piperidine rings is 1. The number of imidazole rings is 1. The van der Waals surface area contributed by atoms with Crippen LogP contribution in [0, 0.1) is 0 Å². The van der Waals surface area contributed by atoms with Gasteiger partial charge in [-0.3, -0.25) is 33.8 Å². The third-order valence-corrected chi connectivity index (χ3v) is 13.4. The highest BCUT2D eigenvalue weighted by Crippen LogP contribution is 2.37. The van der Waals surface area contributed by atoms with Gasteiger partial charge in [-0.1, -0.05) is 30.3 Å². The largest absolute Gasteiger partial charge is 0.393 e. The number of aryl methyl sites for hydroxylation is 1. The Hall–Kier alpha value is -5.10. The van der Waals surface area contributed by atoms with Gasteiger partial charge >= 0.3 is 11.9 Å². The van der Waals surface area contributed by atoms with Gasteiger partial charge in [0.1, 0.15) is 11.7 Å². The van der Waals surface area contributed by atoms with Gasteiger partial charge in [0, 0.05) is 88.2 Å². The number of ether oxygens (including phenoxy) is 1. The molecule has 2 amide bonds. The van der Waals surface area contributed by atoms with E-state index in [9.17, 15) is 32.7 Å². The van der Waals surface area contributed by atoms with Crippen molar-refractivity contribution in [3.8, 4) is 11.1 Å². The molecule has 1 atom stereocenters. The first kappa shape index (κ1) is 42.2. The maximum absolute atomic E-state index is 13.1. The second-order valence-corrected chi connectivity index (χ2v) is 17.5. The molecule has 14 nitrogen and oxygen atoms in total. The van der Waals surface area contributed by atoms with Gasteiger partial charge in [-0.15, -0.1) is 0 Å². The summed E-state index contributed by atoms with van der Waals surface area (Å²) in [5.74, 6) is -0.576. The summed E-state index contributed by atoms with van der Waals surface area (Å²) in [7, 11) is 1.71. The zero-order valence-corrected chi connectivity index (χ0v) is 34.9. The number of hydrogen-bond acceptors (Lipinski definition) is 10. The minimum absolute atomic E-state index is 0.131. The van der Waals surface area contributed by atoms with Crippen LogP contribution in [0.15, 0.2) is 59.7 Å². The second kappa shape index (κ2) is 17.6. The van der Waals surface area contributed by atoms with E-state index in [4.69, 9.17) is 4.74 Å². The molecule has 0 radical (unpaired) electrons. The number of piperazine rings is 1. The minimum atomic E-state index is -4.27. The molecular weight excluding hydrogens is 804 g/mol. The summed E-state index contributed by atoms with van der Waals surface area (Å²) in [5.41, 5.74) is 6.13. The van der Waals surface area contributed by atoms with Crippen molar-refractivity contribution in [3.05, 3.63) is 76.5 Å². The van der Waals surface area contributed by atoms with Gasteiger partial charge < -0.3 is 19.7 Å². The van der Waals surface area contributed by atoms with Gasteiger partial charge in [0.25, 0.3) is 0 Å². The Balaban J connectivity index is 0.747. The Kier molecular flexibility index (Phi) is 12.0. The van der Waals surface area contributed by atoms with E-state index in [0.717, 1.165) is 86.0 Å². The van der Waals surface area contributed by atoms with Crippen LogP contribution in [0.25, 0.3) is 33.2 Å². The van der Waals surface area contributed by atoms with Crippen molar-refractivity contribution in [3.63, 3.8) is 0 Å². The number of carbonyl (C=O) groups excluding carboxylic acids is 2. The lowest BCUT2D eigenvalue weighted by Gasteiger charge is -2.46. The van der Waals surface area contributed by atoms with Gasteiger partial charge in [0.2, 0.25) is 17.8 Å². The summed E-state index contributed by atoms with van der Waals surface area (Å²) >= 11 is 0. The predicted octanol–water partition coefficient (Wildman–Crippen LogP) is 5.48. The van der Waals surface area contributed by atoms with E-state index in [-0.39, 0.29) is 48.8 Å². The fraction of sp³-hybridized carbons (Fsp3) is 0.533. The second-order valence-electron chi connectivity index (χ2n) is 17.5. The van der Waals surface area contributed by atoms with Crippen molar-refractivity contribution in [1.29, 1.82) is 0 Å². The molecule has 0 unspecified atom stereocenters. The summed E-state index contributed by atoms with van der Waals surface area (Å²) in [5, 5.41) is 16.1. The third kappa shape index (κ3) is 9.03. The van der Waals surface area contributed by atoms with E-state index in [2.05, 4.69) is 65.4 Å². The molecule has 9 rings (SSSR count). The van der Waals surface area contributed by atoms with Gasteiger partial charge in [0.05, 0.1) is 36.3 Å². The number of aromatic nitrogens is 5. The number of nitrogens with zero attached hydrogens (tertiary/aromatic N) is 7. The smallest absolute Gasteiger partial charge is 0.390 e. The molecule has 2 aliphatic carbocycles. The highest BCUT2D eigenvalue weighted by atomic mass is 19.4. The number of hydrogen-bond donors (Lipinski definition) is 3. The Morgan fingerprint density at radius 2 is 1.66 bits per heavy atom. The molecule has 2 aromatic carbocycles. The van der Waals surface area contributed by atoms with E-state index >= 15 is 0 Å². The van der Waals surface area contributed by atoms with Crippen molar-refractivity contribution in [2.24, 2.45) is 7.05 Å². The van der Waals surface area contributed by atoms with Gasteiger partial charge in [-0.2, -0.15) is 18.2 Å². The molecule has 5 heterocycles. The number of nitrogens with one attached hydrogen (secondary N) is 2. The van der Waals surface area contributed by atoms with Crippen LogP contribution >= 0.6 is 0 Å². The molecule has 3 N–H and O–H groups in total. The first-order valence-electron chi connectivity index (χ1n) is 21.9. The van der Waals surface area contributed by atoms with Crippen molar-refractivity contribution in [2.75, 3.05) is 44.6 Å². The number of amides is 2. The average molecular weight is 858 g/mol. The number of imide groups is 1. The molecule has 2 saturated heterocycles. The number of aliphatic hydroxyl groups excluding tert-OH is 1. The molecule has 62 heavy (non-hydrogen) atoms. The summed E-state index contributed by atoms with van der Waals surface area (Å²) in [4.78, 5) is 51.5. The average Bonchev–Trinajstić information content (AvgIpc) is 3.73. The predicted molar refractivity (Wildman–Crippen MR) is 228 cm³/mol. The minimum Gasteiger partial charge on any atom is -0.393 e. The Labute approximate surface area is 357 Å². The number of anilines is 1. The Morgan fingerprint density at radius 3 is 2.39 bits per heavy atom. The van der Waals surface area contributed by atoms with Crippen LogP contribution in [0.3, 0.4) is 0 Å². The molecule has 4 aliphatic rings.